The second kappa shape index (κ2) is 6.75. The van der Waals surface area contributed by atoms with Gasteiger partial charge in [-0.2, -0.15) is 0 Å². The Bertz CT molecular complexity index is 390. The molecule has 1 N–H and O–H groups in total. The van der Waals surface area contributed by atoms with Crippen LogP contribution < -0.4 is 5.32 Å². The van der Waals surface area contributed by atoms with Crippen molar-refractivity contribution in [3.8, 4) is 0 Å². The number of nitrogens with one attached hydrogen (secondary N) is 1. The first kappa shape index (κ1) is 14.8. The zero-order valence-electron chi connectivity index (χ0n) is 12.6. The van der Waals surface area contributed by atoms with E-state index in [1.165, 1.54) is 12.8 Å². The lowest BCUT2D eigenvalue weighted by Crippen LogP contribution is -2.55. The highest BCUT2D eigenvalue weighted by Crippen LogP contribution is 2.25. The van der Waals surface area contributed by atoms with Gasteiger partial charge in [-0.15, -0.1) is 0 Å². The first-order chi connectivity index (χ1) is 10.2. The maximum Gasteiger partial charge on any atom is 0.242 e. The van der Waals surface area contributed by atoms with Crippen LogP contribution in [0, 0.1) is 0 Å². The van der Waals surface area contributed by atoms with Gasteiger partial charge >= 0.3 is 0 Å². The number of morpholine rings is 1. The van der Waals surface area contributed by atoms with Gasteiger partial charge in [-0.05, 0) is 12.8 Å². The number of carbonyl (C=O) groups is 2. The zero-order valence-corrected chi connectivity index (χ0v) is 12.6. The summed E-state index contributed by atoms with van der Waals surface area (Å²) < 4.78 is 5.56. The van der Waals surface area contributed by atoms with E-state index in [1.54, 1.807) is 4.90 Å². The Kier molecular flexibility index (Phi) is 4.75. The Balaban J connectivity index is 1.49. The van der Waals surface area contributed by atoms with Crippen molar-refractivity contribution in [2.24, 2.45) is 0 Å². The van der Waals surface area contributed by atoms with E-state index in [-0.39, 0.29) is 24.5 Å². The third-order valence-corrected chi connectivity index (χ3v) is 4.78. The van der Waals surface area contributed by atoms with Crippen LogP contribution in [0.2, 0.25) is 0 Å². The molecule has 1 aliphatic carbocycles. The van der Waals surface area contributed by atoms with E-state index in [0.717, 1.165) is 25.9 Å². The van der Waals surface area contributed by atoms with E-state index in [9.17, 15) is 9.59 Å². The summed E-state index contributed by atoms with van der Waals surface area (Å²) in [5.41, 5.74) is 0. The fourth-order valence-corrected chi connectivity index (χ4v) is 3.58. The number of nitrogens with zero attached hydrogens (tertiary/aromatic N) is 2. The van der Waals surface area contributed by atoms with E-state index in [2.05, 4.69) is 5.32 Å². The third-order valence-electron chi connectivity index (χ3n) is 4.78. The first-order valence-electron chi connectivity index (χ1n) is 8.13. The first-order valence-corrected chi connectivity index (χ1v) is 8.13. The van der Waals surface area contributed by atoms with E-state index in [4.69, 9.17) is 4.74 Å². The molecule has 0 aromatic rings. The lowest BCUT2D eigenvalue weighted by molar-refractivity contribution is -0.148. The molecular formula is C15H25N3O3. The van der Waals surface area contributed by atoms with Crippen molar-refractivity contribution >= 4 is 11.8 Å². The molecule has 0 radical (unpaired) electrons. The highest BCUT2D eigenvalue weighted by molar-refractivity contribution is 5.86. The molecule has 1 atom stereocenters. The molecule has 21 heavy (non-hydrogen) atoms. The van der Waals surface area contributed by atoms with Gasteiger partial charge in [-0.25, -0.2) is 0 Å². The number of hydrogen-bond acceptors (Lipinski definition) is 4. The van der Waals surface area contributed by atoms with Crippen LogP contribution in [0.4, 0.5) is 0 Å². The van der Waals surface area contributed by atoms with E-state index < -0.39 is 0 Å². The van der Waals surface area contributed by atoms with Crippen LogP contribution in [-0.2, 0) is 14.3 Å². The lowest BCUT2D eigenvalue weighted by atomic mass is 10.1. The van der Waals surface area contributed by atoms with Crippen molar-refractivity contribution in [1.29, 1.82) is 0 Å². The SMILES string of the molecule is O=C(C[C@H]1CNCCO1)N1CCN(C2CCCC2)C(=O)C1. The average molecular weight is 295 g/mol. The summed E-state index contributed by atoms with van der Waals surface area (Å²) in [6.45, 7) is 3.84. The predicted octanol–water partition coefficient (Wildman–Crippen LogP) is -0.0217. The van der Waals surface area contributed by atoms with Gasteiger partial charge in [0.2, 0.25) is 11.8 Å². The summed E-state index contributed by atoms with van der Waals surface area (Å²) in [6, 6.07) is 0.417. The smallest absolute Gasteiger partial charge is 0.242 e. The highest BCUT2D eigenvalue weighted by Gasteiger charge is 2.33. The van der Waals surface area contributed by atoms with Gasteiger partial charge in [0.15, 0.2) is 0 Å². The molecule has 3 rings (SSSR count). The van der Waals surface area contributed by atoms with Gasteiger partial charge in [0.1, 0.15) is 0 Å². The summed E-state index contributed by atoms with van der Waals surface area (Å²) in [5, 5.41) is 3.23. The minimum absolute atomic E-state index is 0.0446. The van der Waals surface area contributed by atoms with Crippen molar-refractivity contribution < 1.29 is 14.3 Å². The Labute approximate surface area is 125 Å². The van der Waals surface area contributed by atoms with E-state index >= 15 is 0 Å². The zero-order chi connectivity index (χ0) is 14.7. The number of rotatable bonds is 3. The molecule has 6 heteroatoms. The summed E-state index contributed by atoms with van der Waals surface area (Å²) in [7, 11) is 0. The van der Waals surface area contributed by atoms with Crippen LogP contribution in [0.15, 0.2) is 0 Å². The van der Waals surface area contributed by atoms with Crippen LogP contribution in [0.5, 0.6) is 0 Å². The predicted molar refractivity (Wildman–Crippen MR) is 77.8 cm³/mol. The van der Waals surface area contributed by atoms with Gasteiger partial charge in [-0.3, -0.25) is 9.59 Å². The van der Waals surface area contributed by atoms with Gasteiger partial charge in [0, 0.05) is 32.2 Å². The molecule has 118 valence electrons. The van der Waals surface area contributed by atoms with E-state index in [1.807, 2.05) is 4.90 Å². The fourth-order valence-electron chi connectivity index (χ4n) is 3.58. The number of hydrogen-bond donors (Lipinski definition) is 1. The Morgan fingerprint density at radius 3 is 2.76 bits per heavy atom. The maximum atomic E-state index is 12.3. The van der Waals surface area contributed by atoms with Crippen molar-refractivity contribution in [3.05, 3.63) is 0 Å². The summed E-state index contributed by atoms with van der Waals surface area (Å²) in [5.74, 6) is 0.160. The minimum atomic E-state index is -0.0470. The van der Waals surface area contributed by atoms with Crippen molar-refractivity contribution in [2.45, 2.75) is 44.2 Å². The van der Waals surface area contributed by atoms with Crippen LogP contribution in [0.25, 0.3) is 0 Å². The number of amides is 2. The van der Waals surface area contributed by atoms with Crippen LogP contribution >= 0.6 is 0 Å². The van der Waals surface area contributed by atoms with Crippen LogP contribution in [0.1, 0.15) is 32.1 Å². The van der Waals surface area contributed by atoms with Gasteiger partial charge < -0.3 is 19.9 Å². The molecule has 2 saturated heterocycles. The minimum Gasteiger partial charge on any atom is -0.375 e. The molecule has 3 fully saturated rings. The van der Waals surface area contributed by atoms with Crippen molar-refractivity contribution in [2.75, 3.05) is 39.3 Å². The monoisotopic (exact) mass is 295 g/mol. The molecule has 0 bridgehead atoms. The van der Waals surface area contributed by atoms with Gasteiger partial charge in [-0.1, -0.05) is 12.8 Å². The normalized spacial score (nSPS) is 28.2. The average Bonchev–Trinajstić information content (AvgIpc) is 3.02. The van der Waals surface area contributed by atoms with Gasteiger partial charge in [0.25, 0.3) is 0 Å². The summed E-state index contributed by atoms with van der Waals surface area (Å²) in [4.78, 5) is 28.3. The summed E-state index contributed by atoms with van der Waals surface area (Å²) >= 11 is 0. The Morgan fingerprint density at radius 1 is 1.29 bits per heavy atom. The molecule has 2 aliphatic heterocycles. The molecule has 0 aromatic heterocycles. The number of piperazine rings is 1. The quantitative estimate of drug-likeness (QED) is 0.795. The van der Waals surface area contributed by atoms with Crippen LogP contribution in [-0.4, -0.2) is 73.1 Å². The molecule has 1 saturated carbocycles. The van der Waals surface area contributed by atoms with E-state index in [0.29, 0.717) is 32.2 Å². The third kappa shape index (κ3) is 3.55. The fraction of sp³-hybridized carbons (Fsp3) is 0.867. The number of carbonyl (C=O) groups excluding carboxylic acids is 2. The second-order valence-corrected chi connectivity index (χ2v) is 6.24. The van der Waals surface area contributed by atoms with Crippen LogP contribution in [0.3, 0.4) is 0 Å². The summed E-state index contributed by atoms with van der Waals surface area (Å²) in [6.07, 6.45) is 5.03. The Hall–Kier alpha value is -1.14. The standard InChI is InChI=1S/C15H25N3O3/c19-14(9-13-10-16-5-8-21-13)17-6-7-18(15(20)11-17)12-3-1-2-4-12/h12-13,16H,1-11H2/t13-/m0/s1. The topological polar surface area (TPSA) is 61.9 Å². The molecule has 2 amide bonds. The molecule has 0 spiro atoms. The van der Waals surface area contributed by atoms with Gasteiger partial charge in [0.05, 0.1) is 25.7 Å². The Morgan fingerprint density at radius 2 is 2.10 bits per heavy atom. The van der Waals surface area contributed by atoms with Crippen molar-refractivity contribution in [3.63, 3.8) is 0 Å². The second-order valence-electron chi connectivity index (χ2n) is 6.24. The molecule has 6 nitrogen and oxygen atoms in total. The molecule has 2 heterocycles. The maximum absolute atomic E-state index is 12.3. The molecule has 0 aromatic carbocycles. The largest absolute Gasteiger partial charge is 0.375 e. The lowest BCUT2D eigenvalue weighted by Gasteiger charge is -2.38. The molecular weight excluding hydrogens is 270 g/mol. The van der Waals surface area contributed by atoms with Crippen molar-refractivity contribution in [1.82, 2.24) is 15.1 Å². The molecule has 0 unspecified atom stereocenters. The molecule has 3 aliphatic rings. The highest BCUT2D eigenvalue weighted by atomic mass is 16.5. The number of ether oxygens (including phenoxy) is 1.